The summed E-state index contributed by atoms with van der Waals surface area (Å²) in [6.07, 6.45) is 3.40. The van der Waals surface area contributed by atoms with Crippen LogP contribution in [0.15, 0.2) is 12.7 Å². The molecular formula is C9H16F2. The Bertz CT molecular complexity index is 113. The van der Waals surface area contributed by atoms with Crippen LogP contribution >= 0.6 is 0 Å². The third-order valence-electron chi connectivity index (χ3n) is 1.57. The lowest BCUT2D eigenvalue weighted by Gasteiger charge is -2.15. The van der Waals surface area contributed by atoms with Crippen LogP contribution in [0, 0.1) is 5.92 Å². The van der Waals surface area contributed by atoms with Crippen LogP contribution in [0.1, 0.15) is 33.1 Å². The second-order valence-corrected chi connectivity index (χ2v) is 3.25. The minimum atomic E-state index is -2.51. The molecule has 0 aromatic carbocycles. The predicted molar refractivity (Wildman–Crippen MR) is 43.8 cm³/mol. The van der Waals surface area contributed by atoms with Crippen molar-refractivity contribution in [3.63, 3.8) is 0 Å². The van der Waals surface area contributed by atoms with Gasteiger partial charge in [-0.2, -0.15) is 0 Å². The third-order valence-corrected chi connectivity index (χ3v) is 1.57. The van der Waals surface area contributed by atoms with E-state index in [1.807, 2.05) is 6.92 Å². The summed E-state index contributed by atoms with van der Waals surface area (Å²) in [6, 6.07) is 0. The second kappa shape index (κ2) is 4.47. The molecule has 0 amide bonds. The first-order valence-electron chi connectivity index (χ1n) is 3.94. The van der Waals surface area contributed by atoms with Gasteiger partial charge in [0.1, 0.15) is 0 Å². The summed E-state index contributed by atoms with van der Waals surface area (Å²) in [5.41, 5.74) is 0. The number of hydrogen-bond donors (Lipinski definition) is 0. The molecule has 0 N–H and O–H groups in total. The lowest BCUT2D eigenvalue weighted by Crippen LogP contribution is -2.14. The van der Waals surface area contributed by atoms with Crippen molar-refractivity contribution in [2.45, 2.75) is 39.0 Å². The molecule has 0 aliphatic heterocycles. The van der Waals surface area contributed by atoms with Crippen molar-refractivity contribution >= 4 is 0 Å². The number of hydrogen-bond acceptors (Lipinski definition) is 0. The number of allylic oxidation sites excluding steroid dienone is 1. The van der Waals surface area contributed by atoms with Crippen molar-refractivity contribution in [2.75, 3.05) is 0 Å². The molecule has 66 valence electrons. The number of alkyl halides is 2. The maximum absolute atomic E-state index is 12.4. The monoisotopic (exact) mass is 162 g/mol. The molecule has 0 nitrogen and oxygen atoms in total. The molecule has 0 aromatic heterocycles. The van der Waals surface area contributed by atoms with E-state index in [0.29, 0.717) is 0 Å². The van der Waals surface area contributed by atoms with Gasteiger partial charge in [0.15, 0.2) is 0 Å². The predicted octanol–water partition coefficient (Wildman–Crippen LogP) is 3.63. The Hall–Kier alpha value is -0.400. The van der Waals surface area contributed by atoms with Crippen LogP contribution < -0.4 is 0 Å². The van der Waals surface area contributed by atoms with Crippen LogP contribution in [0.5, 0.6) is 0 Å². The lowest BCUT2D eigenvalue weighted by molar-refractivity contribution is -0.00210. The minimum Gasteiger partial charge on any atom is -0.207 e. The third kappa shape index (κ3) is 7.50. The van der Waals surface area contributed by atoms with Crippen molar-refractivity contribution in [2.24, 2.45) is 5.92 Å². The Labute approximate surface area is 67.3 Å². The fourth-order valence-corrected chi connectivity index (χ4v) is 1.12. The summed E-state index contributed by atoms with van der Waals surface area (Å²) in [7, 11) is 0. The molecular weight excluding hydrogens is 146 g/mol. The van der Waals surface area contributed by atoms with E-state index in [1.165, 1.54) is 0 Å². The molecule has 2 heteroatoms. The summed E-state index contributed by atoms with van der Waals surface area (Å²) in [6.45, 7) is 6.36. The Balaban J connectivity index is 3.51. The molecule has 0 saturated heterocycles. The summed E-state index contributed by atoms with van der Waals surface area (Å²) in [4.78, 5) is 0. The van der Waals surface area contributed by atoms with Gasteiger partial charge in [0.25, 0.3) is 0 Å². The zero-order valence-corrected chi connectivity index (χ0v) is 7.24. The smallest absolute Gasteiger partial charge is 0.207 e. The fourth-order valence-electron chi connectivity index (χ4n) is 1.12. The highest BCUT2D eigenvalue weighted by atomic mass is 19.3. The Morgan fingerprint density at radius 3 is 2.45 bits per heavy atom. The zero-order valence-electron chi connectivity index (χ0n) is 7.24. The molecule has 0 aliphatic carbocycles. The van der Waals surface area contributed by atoms with E-state index in [2.05, 4.69) is 6.58 Å². The van der Waals surface area contributed by atoms with Crippen LogP contribution in [0.4, 0.5) is 8.78 Å². The molecule has 0 aromatic rings. The van der Waals surface area contributed by atoms with E-state index >= 15 is 0 Å². The highest BCUT2D eigenvalue weighted by Gasteiger charge is 2.23. The first-order valence-corrected chi connectivity index (χ1v) is 3.94. The highest BCUT2D eigenvalue weighted by Crippen LogP contribution is 2.24. The van der Waals surface area contributed by atoms with Crippen LogP contribution in [0.3, 0.4) is 0 Å². The first-order chi connectivity index (χ1) is 4.95. The maximum Gasteiger partial charge on any atom is 0.245 e. The summed E-state index contributed by atoms with van der Waals surface area (Å²) in [5, 5.41) is 0. The van der Waals surface area contributed by atoms with Gasteiger partial charge >= 0.3 is 0 Å². The molecule has 0 radical (unpaired) electrons. The minimum absolute atomic E-state index is 0.0131. The lowest BCUT2D eigenvalue weighted by atomic mass is 9.98. The molecule has 1 unspecified atom stereocenters. The van der Waals surface area contributed by atoms with E-state index in [0.717, 1.165) is 19.8 Å². The SMILES string of the molecule is C=CCCC(C)CC(C)(F)F. The highest BCUT2D eigenvalue weighted by molar-refractivity contribution is 4.70. The molecule has 11 heavy (non-hydrogen) atoms. The normalized spacial score (nSPS) is 14.5. The van der Waals surface area contributed by atoms with Crippen LogP contribution in [0.25, 0.3) is 0 Å². The number of rotatable bonds is 5. The van der Waals surface area contributed by atoms with Gasteiger partial charge in [0, 0.05) is 6.42 Å². The van der Waals surface area contributed by atoms with Crippen LogP contribution in [-0.2, 0) is 0 Å². The molecule has 0 aliphatic rings. The molecule has 0 spiro atoms. The van der Waals surface area contributed by atoms with Crippen molar-refractivity contribution in [3.05, 3.63) is 12.7 Å². The van der Waals surface area contributed by atoms with E-state index < -0.39 is 5.92 Å². The van der Waals surface area contributed by atoms with E-state index in [-0.39, 0.29) is 12.3 Å². The van der Waals surface area contributed by atoms with Gasteiger partial charge in [-0.15, -0.1) is 6.58 Å². The topological polar surface area (TPSA) is 0 Å². The summed E-state index contributed by atoms with van der Waals surface area (Å²) in [5.74, 6) is -2.42. The van der Waals surface area contributed by atoms with Gasteiger partial charge in [-0.1, -0.05) is 13.0 Å². The van der Waals surface area contributed by atoms with Gasteiger partial charge in [-0.25, -0.2) is 8.78 Å². The Morgan fingerprint density at radius 2 is 2.09 bits per heavy atom. The second-order valence-electron chi connectivity index (χ2n) is 3.25. The van der Waals surface area contributed by atoms with Gasteiger partial charge in [-0.05, 0) is 25.7 Å². The van der Waals surface area contributed by atoms with E-state index in [4.69, 9.17) is 0 Å². The summed E-state index contributed by atoms with van der Waals surface area (Å²) >= 11 is 0. The van der Waals surface area contributed by atoms with E-state index in [1.54, 1.807) is 6.08 Å². The Morgan fingerprint density at radius 1 is 1.55 bits per heavy atom. The molecule has 0 fully saturated rings. The molecule has 0 bridgehead atoms. The maximum atomic E-state index is 12.4. The van der Waals surface area contributed by atoms with Crippen LogP contribution in [-0.4, -0.2) is 5.92 Å². The average molecular weight is 162 g/mol. The standard InChI is InChI=1S/C9H16F2/c1-4-5-6-8(2)7-9(3,10)11/h4,8H,1,5-7H2,2-3H3. The number of halogens is 2. The molecule has 0 heterocycles. The van der Waals surface area contributed by atoms with E-state index in [9.17, 15) is 8.78 Å². The summed E-state index contributed by atoms with van der Waals surface area (Å²) < 4.78 is 24.7. The van der Waals surface area contributed by atoms with Crippen LogP contribution in [0.2, 0.25) is 0 Å². The van der Waals surface area contributed by atoms with Crippen molar-refractivity contribution in [3.8, 4) is 0 Å². The first kappa shape index (κ1) is 10.6. The molecule has 1 atom stereocenters. The van der Waals surface area contributed by atoms with Gasteiger partial charge < -0.3 is 0 Å². The average Bonchev–Trinajstić information content (AvgIpc) is 1.79. The van der Waals surface area contributed by atoms with Crippen molar-refractivity contribution in [1.82, 2.24) is 0 Å². The zero-order chi connectivity index (χ0) is 8.91. The molecule has 0 rings (SSSR count). The fraction of sp³-hybridized carbons (Fsp3) is 0.778. The quantitative estimate of drug-likeness (QED) is 0.541. The molecule has 0 saturated carbocycles. The largest absolute Gasteiger partial charge is 0.245 e. The van der Waals surface area contributed by atoms with Gasteiger partial charge in [-0.3, -0.25) is 0 Å². The van der Waals surface area contributed by atoms with Gasteiger partial charge in [0.05, 0.1) is 0 Å². The van der Waals surface area contributed by atoms with Crippen molar-refractivity contribution < 1.29 is 8.78 Å². The Kier molecular flexibility index (Phi) is 4.31. The van der Waals surface area contributed by atoms with Crippen molar-refractivity contribution in [1.29, 1.82) is 0 Å². The van der Waals surface area contributed by atoms with Gasteiger partial charge in [0.2, 0.25) is 5.92 Å².